The summed E-state index contributed by atoms with van der Waals surface area (Å²) in [5.74, 6) is -0.389. The molecule has 0 saturated carbocycles. The highest BCUT2D eigenvalue weighted by Gasteiger charge is 2.25. The van der Waals surface area contributed by atoms with Gasteiger partial charge in [0.15, 0.2) is 0 Å². The van der Waals surface area contributed by atoms with Gasteiger partial charge >= 0.3 is 5.97 Å². The molecule has 0 fully saturated rings. The van der Waals surface area contributed by atoms with Gasteiger partial charge in [-0.1, -0.05) is 60.7 Å². The molecule has 148 valence electrons. The highest BCUT2D eigenvalue weighted by molar-refractivity contribution is 5.89. The lowest BCUT2D eigenvalue weighted by atomic mass is 10.1. The van der Waals surface area contributed by atoms with Gasteiger partial charge < -0.3 is 14.2 Å². The first-order valence-electron chi connectivity index (χ1n) is 9.32. The maximum atomic E-state index is 12.2. The van der Waals surface area contributed by atoms with Crippen molar-refractivity contribution >= 4 is 5.97 Å². The minimum absolute atomic E-state index is 0.0731. The van der Waals surface area contributed by atoms with E-state index in [2.05, 4.69) is 13.2 Å². The summed E-state index contributed by atoms with van der Waals surface area (Å²) >= 11 is 0. The standard InChI is InChI=1S/C24H28O4/c1-4-12-22(26-17-20-13-8-6-9-14-20)18-28-24(3,5-2)19-27-23(25)21-15-10-7-11-16-21/h4-11,13-16,22H,1-2,12,17-19H2,3H3/t22?,24-/m1/s1. The molecule has 0 amide bonds. The Morgan fingerprint density at radius 2 is 1.71 bits per heavy atom. The largest absolute Gasteiger partial charge is 0.459 e. The Labute approximate surface area is 167 Å². The summed E-state index contributed by atoms with van der Waals surface area (Å²) in [6.45, 7) is 10.4. The summed E-state index contributed by atoms with van der Waals surface area (Å²) in [7, 11) is 0. The van der Waals surface area contributed by atoms with Crippen molar-refractivity contribution in [1.82, 2.24) is 0 Å². The van der Waals surface area contributed by atoms with Crippen LogP contribution in [0.3, 0.4) is 0 Å². The zero-order valence-electron chi connectivity index (χ0n) is 16.4. The fourth-order valence-corrected chi connectivity index (χ4v) is 2.47. The van der Waals surface area contributed by atoms with Crippen molar-refractivity contribution in [3.05, 3.63) is 97.1 Å². The molecule has 2 aromatic rings. The number of benzene rings is 2. The van der Waals surface area contributed by atoms with E-state index in [0.29, 0.717) is 25.2 Å². The highest BCUT2D eigenvalue weighted by atomic mass is 16.6. The molecule has 0 radical (unpaired) electrons. The van der Waals surface area contributed by atoms with Crippen LogP contribution in [0.2, 0.25) is 0 Å². The number of hydrogen-bond donors (Lipinski definition) is 0. The van der Waals surface area contributed by atoms with Crippen molar-refractivity contribution in [1.29, 1.82) is 0 Å². The smallest absolute Gasteiger partial charge is 0.338 e. The molecule has 0 aliphatic carbocycles. The van der Waals surface area contributed by atoms with Crippen LogP contribution < -0.4 is 0 Å². The predicted molar refractivity (Wildman–Crippen MR) is 111 cm³/mol. The second-order valence-electron chi connectivity index (χ2n) is 6.71. The number of carbonyl (C=O) groups excluding carboxylic acids is 1. The van der Waals surface area contributed by atoms with Crippen molar-refractivity contribution < 1.29 is 19.0 Å². The third kappa shape index (κ3) is 7.14. The maximum absolute atomic E-state index is 12.2. The van der Waals surface area contributed by atoms with Crippen LogP contribution in [0.15, 0.2) is 86.0 Å². The third-order valence-electron chi connectivity index (χ3n) is 4.29. The van der Waals surface area contributed by atoms with Crippen molar-refractivity contribution in [2.24, 2.45) is 0 Å². The second-order valence-corrected chi connectivity index (χ2v) is 6.71. The molecule has 0 aromatic heterocycles. The fourth-order valence-electron chi connectivity index (χ4n) is 2.47. The van der Waals surface area contributed by atoms with E-state index in [9.17, 15) is 4.79 Å². The van der Waals surface area contributed by atoms with Crippen LogP contribution in [-0.4, -0.2) is 30.9 Å². The molecule has 2 aromatic carbocycles. The highest BCUT2D eigenvalue weighted by Crippen LogP contribution is 2.17. The average molecular weight is 380 g/mol. The summed E-state index contributed by atoms with van der Waals surface area (Å²) in [5, 5.41) is 0. The van der Waals surface area contributed by atoms with Gasteiger partial charge in [-0.3, -0.25) is 0 Å². The van der Waals surface area contributed by atoms with Crippen LogP contribution in [0, 0.1) is 0 Å². The zero-order chi connectivity index (χ0) is 20.2. The van der Waals surface area contributed by atoms with Crippen LogP contribution in [-0.2, 0) is 20.8 Å². The van der Waals surface area contributed by atoms with Gasteiger partial charge in [0.2, 0.25) is 0 Å². The Morgan fingerprint density at radius 1 is 1.07 bits per heavy atom. The van der Waals surface area contributed by atoms with Crippen LogP contribution in [0.5, 0.6) is 0 Å². The minimum atomic E-state index is -0.806. The van der Waals surface area contributed by atoms with Gasteiger partial charge in [0.1, 0.15) is 12.2 Å². The Kier molecular flexibility index (Phi) is 8.66. The fraction of sp³-hybridized carbons (Fsp3) is 0.292. The summed E-state index contributed by atoms with van der Waals surface area (Å²) in [5.41, 5.74) is 0.796. The monoisotopic (exact) mass is 380 g/mol. The molecule has 1 unspecified atom stereocenters. The van der Waals surface area contributed by atoms with Crippen molar-refractivity contribution in [3.8, 4) is 0 Å². The summed E-state index contributed by atoms with van der Waals surface area (Å²) in [6.07, 6.45) is 3.96. The van der Waals surface area contributed by atoms with E-state index in [4.69, 9.17) is 14.2 Å². The lowest BCUT2D eigenvalue weighted by molar-refractivity contribution is -0.0908. The minimum Gasteiger partial charge on any atom is -0.459 e. The first kappa shape index (κ1) is 21.6. The lowest BCUT2D eigenvalue weighted by Gasteiger charge is -2.28. The van der Waals surface area contributed by atoms with E-state index < -0.39 is 5.60 Å². The maximum Gasteiger partial charge on any atom is 0.338 e. The average Bonchev–Trinajstić information content (AvgIpc) is 2.75. The van der Waals surface area contributed by atoms with E-state index >= 15 is 0 Å². The molecule has 0 N–H and O–H groups in total. The Balaban J connectivity index is 1.86. The molecule has 0 bridgehead atoms. The quantitative estimate of drug-likeness (QED) is 0.385. The molecular weight excluding hydrogens is 352 g/mol. The normalized spacial score (nSPS) is 13.9. The molecule has 2 rings (SSSR count). The van der Waals surface area contributed by atoms with Crippen LogP contribution in [0.25, 0.3) is 0 Å². The van der Waals surface area contributed by atoms with E-state index in [-0.39, 0.29) is 18.7 Å². The van der Waals surface area contributed by atoms with Crippen LogP contribution >= 0.6 is 0 Å². The third-order valence-corrected chi connectivity index (χ3v) is 4.29. The topological polar surface area (TPSA) is 44.8 Å². The van der Waals surface area contributed by atoms with E-state index in [0.717, 1.165) is 5.56 Å². The molecule has 0 spiro atoms. The Bertz CT molecular complexity index is 742. The molecule has 0 aliphatic rings. The number of esters is 1. The van der Waals surface area contributed by atoms with E-state index in [1.54, 1.807) is 36.4 Å². The molecule has 2 atom stereocenters. The first-order valence-corrected chi connectivity index (χ1v) is 9.32. The molecule has 28 heavy (non-hydrogen) atoms. The number of carbonyl (C=O) groups is 1. The van der Waals surface area contributed by atoms with Gasteiger partial charge in [0.05, 0.1) is 24.9 Å². The molecule has 4 nitrogen and oxygen atoms in total. The van der Waals surface area contributed by atoms with Crippen molar-refractivity contribution in [2.75, 3.05) is 13.2 Å². The number of rotatable bonds is 12. The van der Waals surface area contributed by atoms with Crippen molar-refractivity contribution in [2.45, 2.75) is 31.7 Å². The van der Waals surface area contributed by atoms with Gasteiger partial charge in [-0.25, -0.2) is 4.79 Å². The summed E-state index contributed by atoms with van der Waals surface area (Å²) in [4.78, 5) is 12.2. The van der Waals surface area contributed by atoms with E-state index in [1.807, 2.05) is 43.3 Å². The summed E-state index contributed by atoms with van der Waals surface area (Å²) < 4.78 is 17.4. The van der Waals surface area contributed by atoms with Gasteiger partial charge in [0.25, 0.3) is 0 Å². The van der Waals surface area contributed by atoms with Crippen LogP contribution in [0.1, 0.15) is 29.3 Å². The number of hydrogen-bond acceptors (Lipinski definition) is 4. The molecule has 0 saturated heterocycles. The molecular formula is C24H28O4. The predicted octanol–water partition coefficient (Wildman–Crippen LogP) is 4.97. The number of ether oxygens (including phenoxy) is 3. The Hall–Kier alpha value is -2.69. The van der Waals surface area contributed by atoms with Gasteiger partial charge in [-0.15, -0.1) is 13.2 Å². The van der Waals surface area contributed by atoms with Gasteiger partial charge in [0, 0.05) is 0 Å². The van der Waals surface area contributed by atoms with Gasteiger partial charge in [-0.05, 0) is 31.0 Å². The van der Waals surface area contributed by atoms with Crippen molar-refractivity contribution in [3.63, 3.8) is 0 Å². The zero-order valence-corrected chi connectivity index (χ0v) is 16.4. The molecule has 0 aliphatic heterocycles. The molecule has 0 heterocycles. The first-order chi connectivity index (χ1) is 13.6. The van der Waals surface area contributed by atoms with Gasteiger partial charge in [-0.2, -0.15) is 0 Å². The summed E-state index contributed by atoms with van der Waals surface area (Å²) in [6, 6.07) is 18.8. The SMILES string of the molecule is C=CCC(CO[C@](C)(C=C)COC(=O)c1ccccc1)OCc1ccccc1. The van der Waals surface area contributed by atoms with E-state index in [1.165, 1.54) is 0 Å². The lowest BCUT2D eigenvalue weighted by Crippen LogP contribution is -2.36. The van der Waals surface area contributed by atoms with Crippen LogP contribution in [0.4, 0.5) is 0 Å². The molecule has 4 heteroatoms. The second kappa shape index (κ2) is 11.2. The Morgan fingerprint density at radius 3 is 2.32 bits per heavy atom.